The zero-order valence-electron chi connectivity index (χ0n) is 7.81. The molecule has 0 spiro atoms. The van der Waals surface area contributed by atoms with E-state index in [4.69, 9.17) is 11.6 Å². The fraction of sp³-hybridized carbons (Fsp3) is 0.375. The molecule has 0 aromatic carbocycles. The number of hydrogen-bond donors (Lipinski definition) is 1. The zero-order valence-corrected chi connectivity index (χ0v) is 9.39. The second kappa shape index (κ2) is 5.58. The van der Waals surface area contributed by atoms with Gasteiger partial charge in [0, 0.05) is 18.5 Å². The van der Waals surface area contributed by atoms with E-state index in [1.54, 1.807) is 0 Å². The van der Waals surface area contributed by atoms with Crippen LogP contribution in [0.25, 0.3) is 0 Å². The Morgan fingerprint density at radius 1 is 1.44 bits per heavy atom. The van der Waals surface area contributed by atoms with E-state index in [1.807, 2.05) is 0 Å². The van der Waals surface area contributed by atoms with Crippen LogP contribution >= 0.6 is 23.4 Å². The highest BCUT2D eigenvalue weighted by atomic mass is 35.5. The number of hydrogen-bond acceptors (Lipinski definition) is 3. The van der Waals surface area contributed by atoms with Gasteiger partial charge in [0.2, 0.25) is 0 Å². The molecule has 1 heterocycles. The van der Waals surface area contributed by atoms with Crippen molar-refractivity contribution in [1.82, 2.24) is 4.98 Å². The Bertz CT molecular complexity index is 358. The Hall–Kier alpha value is -0.690. The number of pyridine rings is 1. The van der Waals surface area contributed by atoms with Gasteiger partial charge in [-0.1, -0.05) is 11.6 Å². The van der Waals surface area contributed by atoms with Crippen molar-refractivity contribution in [3.05, 3.63) is 23.1 Å². The minimum Gasteiger partial charge on any atom is -0.367 e. The lowest BCUT2D eigenvalue weighted by molar-refractivity contribution is -0.0327. The van der Waals surface area contributed by atoms with Crippen molar-refractivity contribution < 1.29 is 17.6 Å². The second-order valence-corrected chi connectivity index (χ2v) is 4.30. The van der Waals surface area contributed by atoms with Crippen LogP contribution in [0, 0.1) is 5.82 Å². The third kappa shape index (κ3) is 4.89. The van der Waals surface area contributed by atoms with Gasteiger partial charge in [-0.15, -0.1) is 0 Å². The molecule has 0 aliphatic rings. The van der Waals surface area contributed by atoms with E-state index in [0.29, 0.717) is 0 Å². The number of nitrogens with one attached hydrogen (secondary N) is 1. The molecule has 0 saturated heterocycles. The summed E-state index contributed by atoms with van der Waals surface area (Å²) < 4.78 is 48.3. The monoisotopic (exact) mass is 274 g/mol. The van der Waals surface area contributed by atoms with Crippen LogP contribution in [0.15, 0.2) is 12.3 Å². The SMILES string of the molecule is Fc1cc(Cl)cnc1NCCSC(F)(F)F. The molecule has 1 N–H and O–H groups in total. The first-order valence-electron chi connectivity index (χ1n) is 4.14. The van der Waals surface area contributed by atoms with Crippen molar-refractivity contribution in [2.75, 3.05) is 17.6 Å². The molecule has 2 nitrogen and oxygen atoms in total. The van der Waals surface area contributed by atoms with Crippen LogP contribution < -0.4 is 5.32 Å². The van der Waals surface area contributed by atoms with E-state index in [2.05, 4.69) is 10.3 Å². The number of halogens is 5. The predicted molar refractivity (Wildman–Crippen MR) is 56.2 cm³/mol. The predicted octanol–water partition coefficient (Wildman–Crippen LogP) is 3.54. The van der Waals surface area contributed by atoms with Crippen molar-refractivity contribution in [1.29, 1.82) is 0 Å². The van der Waals surface area contributed by atoms with Gasteiger partial charge < -0.3 is 5.32 Å². The summed E-state index contributed by atoms with van der Waals surface area (Å²) in [6.07, 6.45) is 1.21. The standard InChI is InChI=1S/C8H7ClF4N2S/c9-5-3-6(10)7(15-4-5)14-1-2-16-8(11,12)13/h3-4H,1-2H2,(H,14,15). The van der Waals surface area contributed by atoms with Crippen LogP contribution in [0.2, 0.25) is 5.02 Å². The Kier molecular flexibility index (Phi) is 4.67. The molecule has 0 unspecified atom stereocenters. The number of thioether (sulfide) groups is 1. The van der Waals surface area contributed by atoms with Crippen LogP contribution in [-0.2, 0) is 0 Å². The third-order valence-electron chi connectivity index (χ3n) is 1.47. The highest BCUT2D eigenvalue weighted by Crippen LogP contribution is 2.29. The number of nitrogens with zero attached hydrogens (tertiary/aromatic N) is 1. The third-order valence-corrected chi connectivity index (χ3v) is 2.41. The maximum absolute atomic E-state index is 13.1. The average Bonchev–Trinajstić information content (AvgIpc) is 2.13. The van der Waals surface area contributed by atoms with E-state index in [1.165, 1.54) is 6.20 Å². The molecule has 1 rings (SSSR count). The molecule has 0 atom stereocenters. The van der Waals surface area contributed by atoms with Crippen molar-refractivity contribution in [3.8, 4) is 0 Å². The summed E-state index contributed by atoms with van der Waals surface area (Å²) in [6.45, 7) is -0.0320. The number of rotatable bonds is 4. The van der Waals surface area contributed by atoms with Gasteiger partial charge in [0.25, 0.3) is 0 Å². The summed E-state index contributed by atoms with van der Waals surface area (Å²) in [6, 6.07) is 1.04. The fourth-order valence-electron chi connectivity index (χ4n) is 0.881. The summed E-state index contributed by atoms with van der Waals surface area (Å²) in [5.74, 6) is -1.01. The van der Waals surface area contributed by atoms with Crippen molar-refractivity contribution in [3.63, 3.8) is 0 Å². The highest BCUT2D eigenvalue weighted by Gasteiger charge is 2.27. The van der Waals surface area contributed by atoms with E-state index in [0.717, 1.165) is 6.07 Å². The fourth-order valence-corrected chi connectivity index (χ4v) is 1.46. The van der Waals surface area contributed by atoms with Crippen LogP contribution in [0.3, 0.4) is 0 Å². The second-order valence-electron chi connectivity index (χ2n) is 2.70. The van der Waals surface area contributed by atoms with Crippen molar-refractivity contribution in [2.24, 2.45) is 0 Å². The van der Waals surface area contributed by atoms with Gasteiger partial charge in [0.1, 0.15) is 0 Å². The largest absolute Gasteiger partial charge is 0.441 e. The maximum Gasteiger partial charge on any atom is 0.441 e. The molecular weight excluding hydrogens is 268 g/mol. The summed E-state index contributed by atoms with van der Waals surface area (Å²) in [4.78, 5) is 3.60. The minimum absolute atomic E-state index is 0.0320. The molecule has 0 aliphatic carbocycles. The molecule has 16 heavy (non-hydrogen) atoms. The first-order valence-corrected chi connectivity index (χ1v) is 5.50. The van der Waals surface area contributed by atoms with Crippen molar-refractivity contribution >= 4 is 29.2 Å². The summed E-state index contributed by atoms with van der Waals surface area (Å²) in [5, 5.41) is 2.58. The first-order chi connectivity index (χ1) is 7.38. The molecule has 0 amide bonds. The van der Waals surface area contributed by atoms with Crippen LogP contribution in [-0.4, -0.2) is 22.8 Å². The zero-order chi connectivity index (χ0) is 12.2. The van der Waals surface area contributed by atoms with E-state index < -0.39 is 11.3 Å². The molecule has 0 fully saturated rings. The van der Waals surface area contributed by atoms with Crippen LogP contribution in [0.4, 0.5) is 23.4 Å². The number of alkyl halides is 3. The Balaban J connectivity index is 2.38. The molecular formula is C8H7ClF4N2S. The molecule has 8 heteroatoms. The van der Waals surface area contributed by atoms with Crippen LogP contribution in [0.5, 0.6) is 0 Å². The normalized spacial score (nSPS) is 11.6. The smallest absolute Gasteiger partial charge is 0.367 e. The van der Waals surface area contributed by atoms with Crippen molar-refractivity contribution in [2.45, 2.75) is 5.51 Å². The lowest BCUT2D eigenvalue weighted by Gasteiger charge is -2.07. The lowest BCUT2D eigenvalue weighted by Crippen LogP contribution is -2.11. The van der Waals surface area contributed by atoms with Crippen LogP contribution in [0.1, 0.15) is 0 Å². The maximum atomic E-state index is 13.1. The summed E-state index contributed by atoms with van der Waals surface area (Å²) in [5.41, 5.74) is -4.27. The molecule has 0 saturated carbocycles. The van der Waals surface area contributed by atoms with E-state index >= 15 is 0 Å². The van der Waals surface area contributed by atoms with Gasteiger partial charge in [-0.05, 0) is 17.8 Å². The topological polar surface area (TPSA) is 24.9 Å². The van der Waals surface area contributed by atoms with Gasteiger partial charge in [0.15, 0.2) is 11.6 Å². The minimum atomic E-state index is -4.27. The Labute approximate surface area is 98.4 Å². The van der Waals surface area contributed by atoms with Gasteiger partial charge in [-0.2, -0.15) is 13.2 Å². The van der Waals surface area contributed by atoms with E-state index in [-0.39, 0.29) is 34.9 Å². The molecule has 1 aromatic rings. The Morgan fingerprint density at radius 2 is 2.12 bits per heavy atom. The molecule has 0 radical (unpaired) electrons. The first kappa shape index (κ1) is 13.4. The number of aromatic nitrogens is 1. The molecule has 90 valence electrons. The Morgan fingerprint density at radius 3 is 2.69 bits per heavy atom. The lowest BCUT2D eigenvalue weighted by atomic mass is 10.4. The molecule has 0 bridgehead atoms. The van der Waals surface area contributed by atoms with E-state index in [9.17, 15) is 17.6 Å². The molecule has 1 aromatic heterocycles. The quantitative estimate of drug-likeness (QED) is 0.671. The highest BCUT2D eigenvalue weighted by molar-refractivity contribution is 8.00. The van der Waals surface area contributed by atoms with Gasteiger partial charge >= 0.3 is 5.51 Å². The van der Waals surface area contributed by atoms with Gasteiger partial charge in [-0.25, -0.2) is 9.37 Å². The summed E-state index contributed by atoms with van der Waals surface area (Å²) in [7, 11) is 0. The van der Waals surface area contributed by atoms with Gasteiger partial charge in [-0.3, -0.25) is 0 Å². The molecule has 0 aliphatic heterocycles. The number of anilines is 1. The van der Waals surface area contributed by atoms with Gasteiger partial charge in [0.05, 0.1) is 5.02 Å². The average molecular weight is 275 g/mol. The summed E-state index contributed by atoms with van der Waals surface area (Å²) >= 11 is 5.28.